The number of ether oxygens (including phenoxy) is 1. The van der Waals surface area contributed by atoms with E-state index in [4.69, 9.17) is 14.8 Å². The van der Waals surface area contributed by atoms with Crippen molar-refractivity contribution in [3.63, 3.8) is 0 Å². The second kappa shape index (κ2) is 7.41. The van der Waals surface area contributed by atoms with Crippen molar-refractivity contribution in [1.29, 1.82) is 0 Å². The zero-order chi connectivity index (χ0) is 17.0. The molecule has 126 valence electrons. The summed E-state index contributed by atoms with van der Waals surface area (Å²) in [5, 5.41) is 0. The van der Waals surface area contributed by atoms with Gasteiger partial charge in [0.25, 0.3) is 0 Å². The molecule has 1 aromatic rings. The van der Waals surface area contributed by atoms with Crippen LogP contribution >= 0.6 is 7.60 Å². The lowest BCUT2D eigenvalue weighted by Gasteiger charge is -2.24. The number of halogens is 4. The molecular formula is C12H16F4NO4P. The maximum atomic E-state index is 13.8. The van der Waals surface area contributed by atoms with Crippen molar-refractivity contribution < 1.29 is 35.9 Å². The molecule has 0 heterocycles. The van der Waals surface area contributed by atoms with Gasteiger partial charge < -0.3 is 19.5 Å². The van der Waals surface area contributed by atoms with Gasteiger partial charge in [-0.3, -0.25) is 4.57 Å². The van der Waals surface area contributed by atoms with E-state index >= 15 is 0 Å². The predicted molar refractivity (Wildman–Crippen MR) is 70.9 cm³/mol. The Hall–Kier alpha value is -1.15. The van der Waals surface area contributed by atoms with Crippen LogP contribution < -0.4 is 10.5 Å². The molecule has 1 atom stereocenters. The summed E-state index contributed by atoms with van der Waals surface area (Å²) in [6.07, 6.45) is -4.94. The van der Waals surface area contributed by atoms with E-state index in [1.54, 1.807) is 0 Å². The average Bonchev–Trinajstić information content (AvgIpc) is 2.39. The van der Waals surface area contributed by atoms with E-state index in [1.165, 1.54) is 13.8 Å². The molecule has 0 saturated carbocycles. The van der Waals surface area contributed by atoms with Crippen molar-refractivity contribution in [2.24, 2.45) is 5.73 Å². The van der Waals surface area contributed by atoms with Crippen LogP contribution in [-0.4, -0.2) is 19.6 Å². The summed E-state index contributed by atoms with van der Waals surface area (Å²) >= 11 is 0. The molecule has 0 aliphatic heterocycles. The summed E-state index contributed by atoms with van der Waals surface area (Å²) < 4.78 is 76.5. The average molecular weight is 345 g/mol. The zero-order valence-electron chi connectivity index (χ0n) is 11.9. The standard InChI is InChI=1S/C12H16F4NO4P/c1-3-19-22(18,20-4-2)11(17)9-7-8(5-6-10(9)13)21-12(14,15)16/h5-7,11H,3-4,17H2,1-2H3/t11-/m1/s1. The zero-order valence-corrected chi connectivity index (χ0v) is 12.8. The molecule has 0 aliphatic rings. The number of rotatable bonds is 7. The molecule has 2 N–H and O–H groups in total. The first-order valence-corrected chi connectivity index (χ1v) is 7.93. The lowest BCUT2D eigenvalue weighted by molar-refractivity contribution is -0.274. The van der Waals surface area contributed by atoms with Crippen LogP contribution in [0.25, 0.3) is 0 Å². The molecule has 1 rings (SSSR count). The normalized spacial score (nSPS) is 14.0. The second-order valence-electron chi connectivity index (χ2n) is 4.05. The molecule has 10 heteroatoms. The summed E-state index contributed by atoms with van der Waals surface area (Å²) in [4.78, 5) is 0. The Balaban J connectivity index is 3.17. The molecule has 22 heavy (non-hydrogen) atoms. The topological polar surface area (TPSA) is 70.8 Å². The van der Waals surface area contributed by atoms with Crippen molar-refractivity contribution in [3.05, 3.63) is 29.6 Å². The van der Waals surface area contributed by atoms with Crippen molar-refractivity contribution in [2.45, 2.75) is 26.0 Å². The number of nitrogens with two attached hydrogens (primary N) is 1. The molecule has 0 radical (unpaired) electrons. The molecule has 0 spiro atoms. The van der Waals surface area contributed by atoms with Crippen LogP contribution in [0.15, 0.2) is 18.2 Å². The van der Waals surface area contributed by atoms with E-state index in [0.29, 0.717) is 0 Å². The largest absolute Gasteiger partial charge is 0.573 e. The first-order valence-electron chi connectivity index (χ1n) is 6.32. The molecule has 0 bridgehead atoms. The van der Waals surface area contributed by atoms with Gasteiger partial charge in [-0.05, 0) is 32.0 Å². The minimum absolute atomic E-state index is 0.0225. The first kappa shape index (κ1) is 18.9. The van der Waals surface area contributed by atoms with Crippen LogP contribution in [0.2, 0.25) is 0 Å². The maximum absolute atomic E-state index is 13.8. The number of hydrogen-bond acceptors (Lipinski definition) is 5. The van der Waals surface area contributed by atoms with Crippen LogP contribution in [0.1, 0.15) is 25.2 Å². The number of benzene rings is 1. The van der Waals surface area contributed by atoms with Crippen LogP contribution in [0.3, 0.4) is 0 Å². The minimum atomic E-state index is -4.94. The van der Waals surface area contributed by atoms with Crippen LogP contribution in [-0.2, 0) is 13.6 Å². The van der Waals surface area contributed by atoms with Crippen molar-refractivity contribution >= 4 is 7.60 Å². The van der Waals surface area contributed by atoms with Gasteiger partial charge in [0.2, 0.25) is 0 Å². The third kappa shape index (κ3) is 4.95. The predicted octanol–water partition coefficient (Wildman–Crippen LogP) is 3.95. The summed E-state index contributed by atoms with van der Waals surface area (Å²) in [6.45, 7) is 3.01. The van der Waals surface area contributed by atoms with Gasteiger partial charge in [-0.1, -0.05) is 0 Å². The van der Waals surface area contributed by atoms with E-state index in [1.807, 2.05) is 0 Å². The Morgan fingerprint density at radius 2 is 1.77 bits per heavy atom. The fourth-order valence-electron chi connectivity index (χ4n) is 1.67. The molecule has 0 aliphatic carbocycles. The van der Waals surface area contributed by atoms with E-state index in [0.717, 1.165) is 18.2 Å². The highest BCUT2D eigenvalue weighted by molar-refractivity contribution is 7.54. The molecule has 0 fully saturated rings. The van der Waals surface area contributed by atoms with Crippen molar-refractivity contribution in [1.82, 2.24) is 0 Å². The highest BCUT2D eigenvalue weighted by Crippen LogP contribution is 2.58. The van der Waals surface area contributed by atoms with Gasteiger partial charge in [-0.15, -0.1) is 13.2 Å². The minimum Gasteiger partial charge on any atom is -0.406 e. The molecule has 0 saturated heterocycles. The summed E-state index contributed by atoms with van der Waals surface area (Å²) in [6, 6.07) is 2.24. The highest BCUT2D eigenvalue weighted by Gasteiger charge is 2.37. The summed E-state index contributed by atoms with van der Waals surface area (Å²) in [5.41, 5.74) is 5.24. The van der Waals surface area contributed by atoms with E-state index < -0.39 is 36.9 Å². The monoisotopic (exact) mass is 345 g/mol. The van der Waals surface area contributed by atoms with Gasteiger partial charge >= 0.3 is 14.0 Å². The lowest BCUT2D eigenvalue weighted by Crippen LogP contribution is -2.19. The van der Waals surface area contributed by atoms with Gasteiger partial charge in [0.15, 0.2) is 0 Å². The van der Waals surface area contributed by atoms with Gasteiger partial charge in [0.1, 0.15) is 17.3 Å². The molecular weight excluding hydrogens is 329 g/mol. The quantitative estimate of drug-likeness (QED) is 0.599. The number of hydrogen-bond donors (Lipinski definition) is 1. The van der Waals surface area contributed by atoms with Gasteiger partial charge in [-0.25, -0.2) is 4.39 Å². The van der Waals surface area contributed by atoms with E-state index in [2.05, 4.69) is 4.74 Å². The molecule has 1 aromatic carbocycles. The highest BCUT2D eigenvalue weighted by atomic mass is 31.2. The van der Waals surface area contributed by atoms with Crippen LogP contribution in [0.5, 0.6) is 5.75 Å². The molecule has 0 amide bonds. The second-order valence-corrected chi connectivity index (χ2v) is 6.20. The third-order valence-electron chi connectivity index (χ3n) is 2.48. The Bertz CT molecular complexity index is 542. The lowest BCUT2D eigenvalue weighted by atomic mass is 10.2. The summed E-state index contributed by atoms with van der Waals surface area (Å²) in [5.74, 6) is -3.20. The maximum Gasteiger partial charge on any atom is 0.573 e. The molecule has 0 unspecified atom stereocenters. The van der Waals surface area contributed by atoms with Crippen LogP contribution in [0, 0.1) is 5.82 Å². The van der Waals surface area contributed by atoms with Gasteiger partial charge in [0.05, 0.1) is 13.2 Å². The first-order chi connectivity index (χ1) is 10.1. The Morgan fingerprint density at radius 1 is 1.23 bits per heavy atom. The Kier molecular flexibility index (Phi) is 6.37. The fourth-order valence-corrected chi connectivity index (χ4v) is 3.33. The third-order valence-corrected chi connectivity index (χ3v) is 4.67. The van der Waals surface area contributed by atoms with Gasteiger partial charge in [0, 0.05) is 5.56 Å². The van der Waals surface area contributed by atoms with Crippen molar-refractivity contribution in [3.8, 4) is 5.75 Å². The number of alkyl halides is 3. The van der Waals surface area contributed by atoms with E-state index in [9.17, 15) is 22.1 Å². The van der Waals surface area contributed by atoms with E-state index in [-0.39, 0.29) is 13.2 Å². The van der Waals surface area contributed by atoms with Gasteiger partial charge in [-0.2, -0.15) is 0 Å². The SMILES string of the molecule is CCOP(=O)(OCC)[C@@H](N)c1cc(OC(F)(F)F)ccc1F. The fraction of sp³-hybridized carbons (Fsp3) is 0.500. The summed E-state index contributed by atoms with van der Waals surface area (Å²) in [7, 11) is -3.93. The Morgan fingerprint density at radius 3 is 2.23 bits per heavy atom. The molecule has 5 nitrogen and oxygen atoms in total. The Labute approximate surface area is 124 Å². The smallest absolute Gasteiger partial charge is 0.406 e. The molecule has 0 aromatic heterocycles. The van der Waals surface area contributed by atoms with Crippen molar-refractivity contribution in [2.75, 3.05) is 13.2 Å². The van der Waals surface area contributed by atoms with Crippen LogP contribution in [0.4, 0.5) is 17.6 Å².